The summed E-state index contributed by atoms with van der Waals surface area (Å²) in [5.41, 5.74) is -0.0386. The number of ether oxygens (including phenoxy) is 3. The molecule has 0 bridgehead atoms. The van der Waals surface area contributed by atoms with E-state index in [1.807, 2.05) is 19.1 Å². The molecule has 0 radical (unpaired) electrons. The zero-order valence-electron chi connectivity index (χ0n) is 28.3. The molecule has 1 aliphatic rings. The summed E-state index contributed by atoms with van der Waals surface area (Å²) in [4.78, 5) is 16.4. The van der Waals surface area contributed by atoms with Gasteiger partial charge in [0.05, 0.1) is 23.3 Å². The van der Waals surface area contributed by atoms with E-state index in [1.165, 1.54) is 31.6 Å². The van der Waals surface area contributed by atoms with Gasteiger partial charge in [-0.15, -0.1) is 0 Å². The molecule has 1 saturated heterocycles. The SMILES string of the molecule is CC1COC(Cn2cncn2)(c2ccc(Oc3ccc(Cl)cc3)cc2Cl)O1.Cn1cc(C(=O)Nc2ccccc2-c2cc(F)c(F)c(F)c2)c(C(F)F)n1. The van der Waals surface area contributed by atoms with Gasteiger partial charge >= 0.3 is 0 Å². The van der Waals surface area contributed by atoms with Crippen LogP contribution >= 0.6 is 23.2 Å². The third-order valence-corrected chi connectivity index (χ3v) is 8.52. The molecule has 3 heterocycles. The van der Waals surface area contributed by atoms with Crippen LogP contribution in [-0.2, 0) is 28.9 Å². The molecule has 7 rings (SSSR count). The maximum Gasteiger partial charge on any atom is 0.282 e. The van der Waals surface area contributed by atoms with Gasteiger partial charge in [0.15, 0.2) is 17.5 Å². The highest BCUT2D eigenvalue weighted by molar-refractivity contribution is 6.31. The molecule has 0 aliphatic carbocycles. The number of nitrogens with zero attached hydrogens (tertiary/aromatic N) is 5. The zero-order valence-corrected chi connectivity index (χ0v) is 29.8. The number of anilines is 1. The summed E-state index contributed by atoms with van der Waals surface area (Å²) in [5.74, 6) is -5.01. The minimum atomic E-state index is -2.96. The first-order valence-corrected chi connectivity index (χ1v) is 16.8. The lowest BCUT2D eigenvalue weighted by molar-refractivity contribution is -0.186. The number of nitrogens with one attached hydrogen (secondary N) is 1. The fourth-order valence-corrected chi connectivity index (χ4v) is 6.02. The van der Waals surface area contributed by atoms with Crippen molar-refractivity contribution in [3.05, 3.63) is 142 Å². The van der Waals surface area contributed by atoms with Crippen LogP contribution in [0.4, 0.5) is 27.6 Å². The molecule has 17 heteroatoms. The van der Waals surface area contributed by atoms with E-state index in [4.69, 9.17) is 37.4 Å². The van der Waals surface area contributed by atoms with Crippen molar-refractivity contribution in [1.82, 2.24) is 24.5 Å². The number of aromatic nitrogens is 5. The van der Waals surface area contributed by atoms with Gasteiger partial charge in [0.25, 0.3) is 12.3 Å². The highest BCUT2D eigenvalue weighted by atomic mass is 35.5. The minimum Gasteiger partial charge on any atom is -0.457 e. The molecular weight excluding hydrogens is 758 g/mol. The van der Waals surface area contributed by atoms with Gasteiger partial charge in [-0.05, 0) is 73.2 Å². The maximum absolute atomic E-state index is 13.5. The molecule has 2 atom stereocenters. The maximum atomic E-state index is 13.5. The van der Waals surface area contributed by atoms with Crippen molar-refractivity contribution in [1.29, 1.82) is 0 Å². The number of aryl methyl sites for hydroxylation is 1. The predicted octanol–water partition coefficient (Wildman–Crippen LogP) is 9.36. The normalized spacial score (nSPS) is 16.6. The van der Waals surface area contributed by atoms with Gasteiger partial charge in [-0.1, -0.05) is 41.4 Å². The number of carbonyl (C=O) groups excluding carboxylic acids is 1. The van der Waals surface area contributed by atoms with Crippen molar-refractivity contribution >= 4 is 34.8 Å². The van der Waals surface area contributed by atoms with Crippen LogP contribution in [0.1, 0.15) is 35.0 Å². The number of hydrogen-bond acceptors (Lipinski definition) is 7. The summed E-state index contributed by atoms with van der Waals surface area (Å²) in [6.45, 7) is 2.76. The smallest absolute Gasteiger partial charge is 0.282 e. The average Bonchev–Trinajstić information content (AvgIpc) is 3.89. The third-order valence-electron chi connectivity index (χ3n) is 7.96. The fourth-order valence-electron chi connectivity index (χ4n) is 5.58. The van der Waals surface area contributed by atoms with Gasteiger partial charge in [0.1, 0.15) is 36.4 Å². The molecule has 1 N–H and O–H groups in total. The predicted molar refractivity (Wildman–Crippen MR) is 189 cm³/mol. The molecule has 0 spiro atoms. The van der Waals surface area contributed by atoms with E-state index in [1.54, 1.807) is 47.4 Å². The molecular formula is C37H29Cl2F5N6O4. The van der Waals surface area contributed by atoms with Crippen molar-refractivity contribution in [2.45, 2.75) is 31.8 Å². The van der Waals surface area contributed by atoms with E-state index in [9.17, 15) is 26.7 Å². The number of amides is 1. The highest BCUT2D eigenvalue weighted by Gasteiger charge is 2.44. The zero-order chi connectivity index (χ0) is 38.6. The second kappa shape index (κ2) is 16.3. The van der Waals surface area contributed by atoms with Crippen LogP contribution in [0.15, 0.2) is 97.7 Å². The number of benzene rings is 4. The number of halogens is 7. The number of para-hydroxylation sites is 1. The average molecular weight is 788 g/mol. The first-order chi connectivity index (χ1) is 25.8. The molecule has 280 valence electrons. The molecule has 54 heavy (non-hydrogen) atoms. The van der Waals surface area contributed by atoms with Crippen LogP contribution in [0.25, 0.3) is 11.1 Å². The van der Waals surface area contributed by atoms with Crippen LogP contribution in [0, 0.1) is 17.5 Å². The van der Waals surface area contributed by atoms with E-state index < -0.39 is 41.3 Å². The van der Waals surface area contributed by atoms with E-state index >= 15 is 0 Å². The summed E-state index contributed by atoms with van der Waals surface area (Å²) >= 11 is 12.5. The van der Waals surface area contributed by atoms with E-state index in [0.717, 1.165) is 23.0 Å². The van der Waals surface area contributed by atoms with Gasteiger partial charge < -0.3 is 19.5 Å². The van der Waals surface area contributed by atoms with Crippen molar-refractivity contribution in [2.75, 3.05) is 11.9 Å². The monoisotopic (exact) mass is 786 g/mol. The molecule has 6 aromatic rings. The second-order valence-corrected chi connectivity index (χ2v) is 12.8. The molecule has 1 amide bonds. The van der Waals surface area contributed by atoms with Crippen molar-refractivity contribution in [3.63, 3.8) is 0 Å². The molecule has 4 aromatic carbocycles. The molecule has 1 aliphatic heterocycles. The Morgan fingerprint density at radius 2 is 1.72 bits per heavy atom. The Hall–Kier alpha value is -5.35. The minimum absolute atomic E-state index is 0.0254. The Bertz CT molecular complexity index is 2240. The number of alkyl halides is 2. The topological polar surface area (TPSA) is 105 Å². The van der Waals surface area contributed by atoms with Crippen molar-refractivity contribution < 1.29 is 41.0 Å². The second-order valence-electron chi connectivity index (χ2n) is 11.9. The number of rotatable bonds is 9. The Balaban J connectivity index is 0.000000184. The van der Waals surface area contributed by atoms with Gasteiger partial charge in [0, 0.05) is 35.1 Å². The summed E-state index contributed by atoms with van der Waals surface area (Å²) < 4.78 is 87.0. The molecule has 2 unspecified atom stereocenters. The van der Waals surface area contributed by atoms with Crippen LogP contribution in [0.2, 0.25) is 10.0 Å². The first kappa shape index (κ1) is 38.4. The lowest BCUT2D eigenvalue weighted by atomic mass is 10.0. The Morgan fingerprint density at radius 1 is 1.02 bits per heavy atom. The molecule has 0 saturated carbocycles. The van der Waals surface area contributed by atoms with Gasteiger partial charge in [-0.25, -0.2) is 31.6 Å². The van der Waals surface area contributed by atoms with Gasteiger partial charge in [-0.3, -0.25) is 9.48 Å². The Labute approximate surface area is 315 Å². The summed E-state index contributed by atoms with van der Waals surface area (Å²) in [6.07, 6.45) is 1.20. The van der Waals surface area contributed by atoms with Crippen LogP contribution in [-0.4, -0.2) is 43.2 Å². The molecule has 10 nitrogen and oxygen atoms in total. The molecule has 1 fully saturated rings. The summed E-state index contributed by atoms with van der Waals surface area (Å²) in [5, 5.41) is 11.3. The largest absolute Gasteiger partial charge is 0.457 e. The Kier molecular flexibility index (Phi) is 11.6. The number of carbonyl (C=O) groups is 1. The fraction of sp³-hybridized carbons (Fsp3) is 0.189. The standard InChI is InChI=1S/C19H17Cl2N3O3.C18H12F5N3O/c1-13-9-25-19(27-13,10-24-12-22-11-23-24)17-7-6-16(8-18(17)21)26-15-4-2-14(20)3-5-15;1-26-8-11(16(25-26)17(22)23)18(27)24-14-5-3-2-4-10(14)9-6-12(19)15(21)13(20)7-9/h2-8,11-13H,9-10H2,1H3;2-8,17H,1H3,(H,24,27). The lowest BCUT2D eigenvalue weighted by Gasteiger charge is -2.29. The molecule has 2 aromatic heterocycles. The van der Waals surface area contributed by atoms with Crippen LogP contribution < -0.4 is 10.1 Å². The Morgan fingerprint density at radius 3 is 2.35 bits per heavy atom. The summed E-state index contributed by atoms with van der Waals surface area (Å²) in [7, 11) is 1.39. The van der Waals surface area contributed by atoms with Crippen LogP contribution in [0.3, 0.4) is 0 Å². The third kappa shape index (κ3) is 8.71. The summed E-state index contributed by atoms with van der Waals surface area (Å²) in [6, 6.07) is 20.0. The van der Waals surface area contributed by atoms with E-state index in [2.05, 4.69) is 20.5 Å². The van der Waals surface area contributed by atoms with E-state index in [-0.39, 0.29) is 28.5 Å². The van der Waals surface area contributed by atoms with Crippen molar-refractivity contribution in [3.8, 4) is 22.6 Å². The quantitative estimate of drug-likeness (QED) is 0.115. The van der Waals surface area contributed by atoms with Gasteiger partial charge in [0.2, 0.25) is 5.79 Å². The van der Waals surface area contributed by atoms with Gasteiger partial charge in [-0.2, -0.15) is 10.2 Å². The van der Waals surface area contributed by atoms with Crippen LogP contribution in [0.5, 0.6) is 11.5 Å². The van der Waals surface area contributed by atoms with E-state index in [0.29, 0.717) is 40.3 Å². The highest BCUT2D eigenvalue weighted by Crippen LogP contribution is 2.41. The van der Waals surface area contributed by atoms with Crippen molar-refractivity contribution in [2.24, 2.45) is 7.05 Å². The number of hydrogen-bond donors (Lipinski definition) is 1. The lowest BCUT2D eigenvalue weighted by Crippen LogP contribution is -2.34. The first-order valence-electron chi connectivity index (χ1n) is 16.1.